The van der Waals surface area contributed by atoms with E-state index in [0.29, 0.717) is 35.5 Å². The van der Waals surface area contributed by atoms with Crippen LogP contribution in [0.5, 0.6) is 5.75 Å². The Hall–Kier alpha value is -2.78. The number of hydrogen-bond donors (Lipinski definition) is 0. The summed E-state index contributed by atoms with van der Waals surface area (Å²) in [5, 5.41) is 0. The van der Waals surface area contributed by atoms with E-state index in [9.17, 15) is 14.0 Å². The number of halogens is 2. The largest absolute Gasteiger partial charge is 0.489 e. The van der Waals surface area contributed by atoms with Crippen LogP contribution in [-0.4, -0.2) is 61.3 Å². The molecule has 0 spiro atoms. The normalized spacial score (nSPS) is 16.5. The van der Waals surface area contributed by atoms with E-state index >= 15 is 0 Å². The monoisotopic (exact) mass is 478 g/mol. The summed E-state index contributed by atoms with van der Waals surface area (Å²) in [6.45, 7) is 1.41. The van der Waals surface area contributed by atoms with Gasteiger partial charge >= 0.3 is 5.97 Å². The first-order valence-corrected chi connectivity index (χ1v) is 9.95. The number of rotatable bonds is 6. The minimum Gasteiger partial charge on any atom is -0.489 e. The lowest BCUT2D eigenvalue weighted by Crippen LogP contribution is -2.47. The maximum absolute atomic E-state index is 13.3. The van der Waals surface area contributed by atoms with Crippen molar-refractivity contribution in [3.63, 3.8) is 0 Å². The molecule has 1 aliphatic heterocycles. The van der Waals surface area contributed by atoms with Crippen molar-refractivity contribution < 1.29 is 28.2 Å². The molecule has 0 N–H and O–H groups in total. The van der Waals surface area contributed by atoms with Gasteiger partial charge in [0.15, 0.2) is 0 Å². The fraction of sp³-hybridized carbons (Fsp3) is 0.286. The minimum atomic E-state index is -0.501. The van der Waals surface area contributed by atoms with Crippen LogP contribution in [0.25, 0.3) is 6.08 Å². The van der Waals surface area contributed by atoms with Crippen molar-refractivity contribution in [1.29, 1.82) is 0 Å². The molecule has 0 bridgehead atoms. The van der Waals surface area contributed by atoms with E-state index in [1.165, 1.54) is 37.7 Å². The summed E-state index contributed by atoms with van der Waals surface area (Å²) in [5.74, 6) is -0.620. The Morgan fingerprint density at radius 1 is 1.37 bits per heavy atom. The number of carbonyl (C=O) groups is 2. The highest BCUT2D eigenvalue weighted by Crippen LogP contribution is 2.18. The number of aromatic nitrogens is 1. The van der Waals surface area contributed by atoms with Gasteiger partial charge in [-0.3, -0.25) is 9.78 Å². The van der Waals surface area contributed by atoms with Gasteiger partial charge in [-0.25, -0.2) is 9.18 Å². The van der Waals surface area contributed by atoms with Crippen LogP contribution in [0.1, 0.15) is 15.9 Å². The number of esters is 1. The third-order valence-corrected chi connectivity index (χ3v) is 4.99. The molecule has 2 heterocycles. The molecule has 1 aliphatic rings. The maximum Gasteiger partial charge on any atom is 0.339 e. The lowest BCUT2D eigenvalue weighted by Gasteiger charge is -2.32. The van der Waals surface area contributed by atoms with Gasteiger partial charge in [-0.05, 0) is 45.8 Å². The van der Waals surface area contributed by atoms with Crippen molar-refractivity contribution in [2.45, 2.75) is 6.10 Å². The summed E-state index contributed by atoms with van der Waals surface area (Å²) in [6, 6.07) is 6.07. The second-order valence-electron chi connectivity index (χ2n) is 6.50. The molecule has 1 saturated heterocycles. The van der Waals surface area contributed by atoms with Crippen LogP contribution in [-0.2, 0) is 14.3 Å². The maximum atomic E-state index is 13.3. The van der Waals surface area contributed by atoms with Gasteiger partial charge in [0.25, 0.3) is 0 Å². The summed E-state index contributed by atoms with van der Waals surface area (Å²) in [7, 11) is 1.29. The number of amides is 1. The van der Waals surface area contributed by atoms with Gasteiger partial charge < -0.3 is 19.1 Å². The average Bonchev–Trinajstić information content (AvgIpc) is 2.78. The number of carbonyl (C=O) groups excluding carboxylic acids is 2. The number of ether oxygens (including phenoxy) is 3. The Balaban J connectivity index is 1.54. The van der Waals surface area contributed by atoms with Gasteiger partial charge in [-0.1, -0.05) is 6.07 Å². The van der Waals surface area contributed by atoms with Crippen molar-refractivity contribution >= 4 is 33.9 Å². The third kappa shape index (κ3) is 5.87. The SMILES string of the molecule is COC(=O)c1cncc(OCC2CN(C(=O)/C=C/c3ccc(F)c(Br)c3)CCO2)c1. The molecular formula is C21H20BrFN2O5. The van der Waals surface area contributed by atoms with E-state index in [1.54, 1.807) is 23.1 Å². The van der Waals surface area contributed by atoms with E-state index in [-0.39, 0.29) is 30.0 Å². The Kier molecular flexibility index (Phi) is 7.53. The first kappa shape index (κ1) is 21.9. The molecule has 7 nitrogen and oxygen atoms in total. The van der Waals surface area contributed by atoms with Gasteiger partial charge in [0.2, 0.25) is 5.91 Å². The second kappa shape index (κ2) is 10.3. The number of morpholine rings is 1. The number of methoxy groups -OCH3 is 1. The van der Waals surface area contributed by atoms with Gasteiger partial charge in [0.05, 0.1) is 36.5 Å². The summed E-state index contributed by atoms with van der Waals surface area (Å²) >= 11 is 3.13. The highest BCUT2D eigenvalue weighted by Gasteiger charge is 2.23. The molecule has 1 fully saturated rings. The van der Waals surface area contributed by atoms with Gasteiger partial charge in [0.1, 0.15) is 24.3 Å². The highest BCUT2D eigenvalue weighted by atomic mass is 79.9. The molecule has 1 aromatic carbocycles. The fourth-order valence-corrected chi connectivity index (χ4v) is 3.22. The smallest absolute Gasteiger partial charge is 0.339 e. The molecule has 0 saturated carbocycles. The lowest BCUT2D eigenvalue weighted by molar-refractivity contribution is -0.134. The van der Waals surface area contributed by atoms with Gasteiger partial charge in [-0.2, -0.15) is 0 Å². The van der Waals surface area contributed by atoms with Crippen LogP contribution in [0.3, 0.4) is 0 Å². The predicted octanol–water partition coefficient (Wildman–Crippen LogP) is 3.09. The van der Waals surface area contributed by atoms with Crippen molar-refractivity contribution in [2.75, 3.05) is 33.4 Å². The number of nitrogens with zero attached hydrogens (tertiary/aromatic N) is 2. The van der Waals surface area contributed by atoms with Crippen LogP contribution in [0.15, 0.2) is 47.2 Å². The minimum absolute atomic E-state index is 0.168. The zero-order chi connectivity index (χ0) is 21.5. The molecule has 1 unspecified atom stereocenters. The molecule has 0 radical (unpaired) electrons. The first-order valence-electron chi connectivity index (χ1n) is 9.16. The molecule has 30 heavy (non-hydrogen) atoms. The first-order chi connectivity index (χ1) is 14.5. The molecule has 0 aliphatic carbocycles. The third-order valence-electron chi connectivity index (χ3n) is 4.38. The average molecular weight is 479 g/mol. The standard InChI is InChI=1S/C21H20BrFN2O5/c1-28-21(27)15-9-16(11-24-10-15)30-13-17-12-25(6-7-29-17)20(26)5-3-14-2-4-19(23)18(22)8-14/h2-5,8-11,17H,6-7,12-13H2,1H3/b5-3+. The zero-order valence-electron chi connectivity index (χ0n) is 16.2. The van der Waals surface area contributed by atoms with Crippen LogP contribution >= 0.6 is 15.9 Å². The predicted molar refractivity (Wildman–Crippen MR) is 111 cm³/mol. The summed E-state index contributed by atoms with van der Waals surface area (Å²) in [4.78, 5) is 29.7. The van der Waals surface area contributed by atoms with Crippen LogP contribution in [0.4, 0.5) is 4.39 Å². The van der Waals surface area contributed by atoms with Crippen molar-refractivity contribution in [3.05, 3.63) is 64.2 Å². The van der Waals surface area contributed by atoms with E-state index < -0.39 is 5.97 Å². The molecule has 3 rings (SSSR count). The highest BCUT2D eigenvalue weighted by molar-refractivity contribution is 9.10. The number of hydrogen-bond acceptors (Lipinski definition) is 6. The molecule has 1 amide bonds. The Morgan fingerprint density at radius 2 is 2.20 bits per heavy atom. The summed E-state index contributed by atoms with van der Waals surface area (Å²) < 4.78 is 29.6. The van der Waals surface area contributed by atoms with E-state index in [2.05, 4.69) is 25.7 Å². The van der Waals surface area contributed by atoms with Crippen molar-refractivity contribution in [1.82, 2.24) is 9.88 Å². The number of pyridine rings is 1. The van der Waals surface area contributed by atoms with E-state index in [4.69, 9.17) is 9.47 Å². The van der Waals surface area contributed by atoms with Gasteiger partial charge in [0, 0.05) is 18.8 Å². The van der Waals surface area contributed by atoms with E-state index in [0.717, 1.165) is 0 Å². The molecule has 2 aromatic rings. The van der Waals surface area contributed by atoms with E-state index in [1.807, 2.05) is 0 Å². The van der Waals surface area contributed by atoms with Crippen molar-refractivity contribution in [3.8, 4) is 5.75 Å². The Morgan fingerprint density at radius 3 is 2.97 bits per heavy atom. The fourth-order valence-electron chi connectivity index (χ4n) is 2.83. The second-order valence-corrected chi connectivity index (χ2v) is 7.35. The molecule has 1 atom stereocenters. The quantitative estimate of drug-likeness (QED) is 0.468. The lowest BCUT2D eigenvalue weighted by atomic mass is 10.2. The topological polar surface area (TPSA) is 78.0 Å². The van der Waals surface area contributed by atoms with Crippen LogP contribution < -0.4 is 4.74 Å². The summed E-state index contributed by atoms with van der Waals surface area (Å²) in [6.07, 6.45) is 5.64. The molecular weight excluding hydrogens is 459 g/mol. The molecule has 158 valence electrons. The van der Waals surface area contributed by atoms with Crippen LogP contribution in [0.2, 0.25) is 0 Å². The Bertz CT molecular complexity index is 953. The van der Waals surface area contributed by atoms with Gasteiger partial charge in [-0.15, -0.1) is 0 Å². The summed E-state index contributed by atoms with van der Waals surface area (Å²) in [5.41, 5.74) is 0.997. The Labute approximate surface area is 181 Å². The molecule has 9 heteroatoms. The number of benzene rings is 1. The molecule has 1 aromatic heterocycles. The van der Waals surface area contributed by atoms with Crippen molar-refractivity contribution in [2.24, 2.45) is 0 Å². The zero-order valence-corrected chi connectivity index (χ0v) is 17.8. The van der Waals surface area contributed by atoms with Crippen LogP contribution in [0, 0.1) is 5.82 Å².